The molecule has 0 saturated carbocycles. The molecule has 0 heterocycles. The van der Waals surface area contributed by atoms with Crippen LogP contribution in [0, 0.1) is 5.82 Å². The van der Waals surface area contributed by atoms with E-state index in [1.165, 1.54) is 18.2 Å². The van der Waals surface area contributed by atoms with Crippen molar-refractivity contribution in [3.05, 3.63) is 50.7 Å². The van der Waals surface area contributed by atoms with Gasteiger partial charge in [-0.05, 0) is 46.3 Å². The monoisotopic (exact) mass is 412 g/mol. The fourth-order valence-corrected chi connectivity index (χ4v) is 4.19. The van der Waals surface area contributed by atoms with Gasteiger partial charge in [-0.1, -0.05) is 23.2 Å². The maximum atomic E-state index is 13.3. The lowest BCUT2D eigenvalue weighted by atomic mass is 10.3. The van der Waals surface area contributed by atoms with E-state index in [4.69, 9.17) is 28.9 Å². The zero-order valence-corrected chi connectivity index (χ0v) is 14.1. The molecule has 0 saturated heterocycles. The zero-order valence-electron chi connectivity index (χ0n) is 10.2. The lowest BCUT2D eigenvalue weighted by molar-refractivity contribution is 0.599. The second kappa shape index (κ2) is 6.00. The van der Waals surface area contributed by atoms with Crippen LogP contribution in [0.25, 0.3) is 0 Å². The summed E-state index contributed by atoms with van der Waals surface area (Å²) in [5, 5.41) is 0.552. The van der Waals surface area contributed by atoms with Crippen LogP contribution in [0.2, 0.25) is 10.0 Å². The van der Waals surface area contributed by atoms with Gasteiger partial charge in [-0.2, -0.15) is 0 Å². The van der Waals surface area contributed by atoms with Crippen molar-refractivity contribution in [2.75, 3.05) is 10.5 Å². The maximum absolute atomic E-state index is 13.3. The summed E-state index contributed by atoms with van der Waals surface area (Å²) in [7, 11) is -3.98. The van der Waals surface area contributed by atoms with Gasteiger partial charge in [0.1, 0.15) is 10.7 Å². The Morgan fingerprint density at radius 1 is 1.10 bits per heavy atom. The third-order valence-corrected chi connectivity index (χ3v) is 5.23. The number of halogens is 4. The van der Waals surface area contributed by atoms with E-state index in [2.05, 4.69) is 20.7 Å². The highest BCUT2D eigenvalue weighted by Crippen LogP contribution is 2.30. The number of hydrogen-bond donors (Lipinski definition) is 2. The van der Waals surface area contributed by atoms with E-state index in [-0.39, 0.29) is 30.8 Å². The van der Waals surface area contributed by atoms with Crippen LogP contribution in [0.15, 0.2) is 39.7 Å². The molecule has 21 heavy (non-hydrogen) atoms. The molecule has 0 radical (unpaired) electrons. The van der Waals surface area contributed by atoms with E-state index >= 15 is 0 Å². The lowest BCUT2D eigenvalue weighted by Crippen LogP contribution is -2.14. The standard InChI is InChI=1S/C12H8BrCl2FN2O2S/c13-9-4-10(16)11(17)5-12(9)21(19,20)18-8-2-6(14)1-7(15)3-8/h1-5,18H,17H2. The Hall–Kier alpha value is -1.02. The molecule has 4 nitrogen and oxygen atoms in total. The number of sulfonamides is 1. The number of nitrogens with one attached hydrogen (secondary N) is 1. The molecule has 112 valence electrons. The van der Waals surface area contributed by atoms with Crippen molar-refractivity contribution in [3.63, 3.8) is 0 Å². The summed E-state index contributed by atoms with van der Waals surface area (Å²) in [4.78, 5) is -0.197. The fraction of sp³-hybridized carbons (Fsp3) is 0. The summed E-state index contributed by atoms with van der Waals surface area (Å²) >= 11 is 14.6. The van der Waals surface area contributed by atoms with Gasteiger partial charge in [-0.25, -0.2) is 12.8 Å². The first-order valence-corrected chi connectivity index (χ1v) is 8.46. The van der Waals surface area contributed by atoms with E-state index in [0.717, 1.165) is 12.1 Å². The van der Waals surface area contributed by atoms with Crippen molar-refractivity contribution in [3.8, 4) is 0 Å². The Bertz CT molecular complexity index is 795. The highest BCUT2D eigenvalue weighted by atomic mass is 79.9. The highest BCUT2D eigenvalue weighted by Gasteiger charge is 2.20. The highest BCUT2D eigenvalue weighted by molar-refractivity contribution is 9.10. The summed E-state index contributed by atoms with van der Waals surface area (Å²) in [6.45, 7) is 0. The third kappa shape index (κ3) is 3.79. The van der Waals surface area contributed by atoms with Crippen LogP contribution in [0.4, 0.5) is 15.8 Å². The van der Waals surface area contributed by atoms with E-state index in [1.807, 2.05) is 0 Å². The van der Waals surface area contributed by atoms with Gasteiger partial charge in [-0.15, -0.1) is 0 Å². The Morgan fingerprint density at radius 2 is 1.67 bits per heavy atom. The first kappa shape index (κ1) is 16.4. The van der Waals surface area contributed by atoms with Crippen molar-refractivity contribution >= 4 is 60.5 Å². The van der Waals surface area contributed by atoms with Crippen molar-refractivity contribution < 1.29 is 12.8 Å². The van der Waals surface area contributed by atoms with Crippen LogP contribution in [-0.4, -0.2) is 8.42 Å². The maximum Gasteiger partial charge on any atom is 0.263 e. The van der Waals surface area contributed by atoms with Crippen LogP contribution in [0.3, 0.4) is 0 Å². The molecule has 0 aliphatic heterocycles. The van der Waals surface area contributed by atoms with Gasteiger partial charge >= 0.3 is 0 Å². The minimum Gasteiger partial charge on any atom is -0.396 e. The Kier molecular flexibility index (Phi) is 4.67. The second-order valence-corrected chi connectivity index (χ2v) is 7.45. The average Bonchev–Trinajstić information content (AvgIpc) is 2.31. The predicted molar refractivity (Wildman–Crippen MR) is 85.8 cm³/mol. The van der Waals surface area contributed by atoms with Crippen molar-refractivity contribution in [1.29, 1.82) is 0 Å². The van der Waals surface area contributed by atoms with Gasteiger partial charge in [0.25, 0.3) is 10.0 Å². The van der Waals surface area contributed by atoms with Gasteiger partial charge in [0.05, 0.1) is 11.4 Å². The average molecular weight is 414 g/mol. The van der Waals surface area contributed by atoms with E-state index in [9.17, 15) is 12.8 Å². The van der Waals surface area contributed by atoms with Crippen LogP contribution in [0.1, 0.15) is 0 Å². The minimum absolute atomic E-state index is 0.0508. The van der Waals surface area contributed by atoms with Crippen LogP contribution in [-0.2, 0) is 10.0 Å². The van der Waals surface area contributed by atoms with Crippen molar-refractivity contribution in [2.24, 2.45) is 0 Å². The molecule has 0 atom stereocenters. The molecular weight excluding hydrogens is 406 g/mol. The van der Waals surface area contributed by atoms with Crippen LogP contribution >= 0.6 is 39.1 Å². The molecule has 0 bridgehead atoms. The summed E-state index contributed by atoms with van der Waals surface area (Å²) < 4.78 is 40.2. The second-order valence-electron chi connectivity index (χ2n) is 4.07. The van der Waals surface area contributed by atoms with E-state index < -0.39 is 15.8 Å². The van der Waals surface area contributed by atoms with Gasteiger partial charge in [0, 0.05) is 14.5 Å². The fourth-order valence-electron chi connectivity index (χ4n) is 1.57. The first-order chi connectivity index (χ1) is 9.69. The van der Waals surface area contributed by atoms with E-state index in [1.54, 1.807) is 0 Å². The Morgan fingerprint density at radius 3 is 2.24 bits per heavy atom. The molecule has 0 unspecified atom stereocenters. The molecule has 0 spiro atoms. The molecule has 0 fully saturated rings. The third-order valence-electron chi connectivity index (χ3n) is 2.46. The normalized spacial score (nSPS) is 11.4. The molecule has 0 amide bonds. The topological polar surface area (TPSA) is 72.2 Å². The number of nitrogen functional groups attached to an aromatic ring is 1. The predicted octanol–water partition coefficient (Wildman–Crippen LogP) is 4.28. The molecule has 3 N–H and O–H groups in total. The summed E-state index contributed by atoms with van der Waals surface area (Å²) in [5.74, 6) is -0.716. The minimum atomic E-state index is -3.98. The number of benzene rings is 2. The van der Waals surface area contributed by atoms with Crippen LogP contribution in [0.5, 0.6) is 0 Å². The summed E-state index contributed by atoms with van der Waals surface area (Å²) in [6, 6.07) is 6.26. The number of rotatable bonds is 3. The largest absolute Gasteiger partial charge is 0.396 e. The molecule has 9 heteroatoms. The molecular formula is C12H8BrCl2FN2O2S. The van der Waals surface area contributed by atoms with Gasteiger partial charge in [0.15, 0.2) is 0 Å². The van der Waals surface area contributed by atoms with Gasteiger partial charge in [0.2, 0.25) is 0 Å². The quantitative estimate of drug-likeness (QED) is 0.737. The van der Waals surface area contributed by atoms with Crippen LogP contribution < -0.4 is 10.5 Å². The van der Waals surface area contributed by atoms with Gasteiger partial charge in [-0.3, -0.25) is 4.72 Å². The zero-order chi connectivity index (χ0) is 15.8. The first-order valence-electron chi connectivity index (χ1n) is 5.42. The number of anilines is 2. The number of hydrogen-bond acceptors (Lipinski definition) is 3. The van der Waals surface area contributed by atoms with Gasteiger partial charge < -0.3 is 5.73 Å². The lowest BCUT2D eigenvalue weighted by Gasteiger charge is -2.11. The SMILES string of the molecule is Nc1cc(S(=O)(=O)Nc2cc(Cl)cc(Cl)c2)c(Br)cc1F. The number of nitrogens with two attached hydrogens (primary N) is 1. The van der Waals surface area contributed by atoms with E-state index in [0.29, 0.717) is 0 Å². The Balaban J connectivity index is 2.45. The molecule has 0 aliphatic rings. The summed E-state index contributed by atoms with van der Waals surface area (Å²) in [6.07, 6.45) is 0. The molecule has 2 aromatic rings. The molecule has 2 rings (SSSR count). The molecule has 0 aliphatic carbocycles. The van der Waals surface area contributed by atoms with Crippen molar-refractivity contribution in [1.82, 2.24) is 0 Å². The molecule has 0 aromatic heterocycles. The summed E-state index contributed by atoms with van der Waals surface area (Å²) in [5.41, 5.74) is 5.30. The van der Waals surface area contributed by atoms with Crippen molar-refractivity contribution in [2.45, 2.75) is 4.90 Å². The smallest absolute Gasteiger partial charge is 0.263 e. The Labute approximate surface area is 139 Å². The molecule has 2 aromatic carbocycles.